The standard InChI is InChI=1S/C20H20N4O6/c1-30-10-4-9-24-19(28)14-7-6-13(11-15(14)20(24)29)18(27)22-21-16(25)12-23-8-3-2-5-17(23)26/h2-3,5-8,11,28-29H,4,9-10,12H2,1H3. The molecule has 0 aliphatic heterocycles. The smallest absolute Gasteiger partial charge is 0.295 e. The number of rotatable bonds is 7. The van der Waals surface area contributed by atoms with E-state index in [2.05, 4.69) is 10.2 Å². The van der Waals surface area contributed by atoms with Crippen molar-refractivity contribution in [3.05, 3.63) is 58.5 Å². The molecule has 2 amide bonds. The normalized spacial score (nSPS) is 11.4. The van der Waals surface area contributed by atoms with E-state index in [4.69, 9.17) is 4.74 Å². The Bertz CT molecular complexity index is 1180. The predicted octanol–water partition coefficient (Wildman–Crippen LogP) is 2.07. The highest BCUT2D eigenvalue weighted by molar-refractivity contribution is 6.02. The third-order valence-corrected chi connectivity index (χ3v) is 4.45. The molecule has 2 N–H and O–H groups in total. The summed E-state index contributed by atoms with van der Waals surface area (Å²) in [4.78, 5) is 35.8. The zero-order valence-electron chi connectivity index (χ0n) is 16.2. The van der Waals surface area contributed by atoms with Gasteiger partial charge in [0.1, 0.15) is 6.54 Å². The predicted molar refractivity (Wildman–Crippen MR) is 107 cm³/mol. The summed E-state index contributed by atoms with van der Waals surface area (Å²) in [6, 6.07) is 8.69. The van der Waals surface area contributed by atoms with Crippen molar-refractivity contribution < 1.29 is 24.5 Å². The maximum Gasteiger partial charge on any atom is 0.295 e. The van der Waals surface area contributed by atoms with Crippen molar-refractivity contribution in [1.29, 1.82) is 0 Å². The molecule has 0 atom stereocenters. The van der Waals surface area contributed by atoms with Crippen molar-refractivity contribution in [1.82, 2.24) is 9.13 Å². The molecule has 30 heavy (non-hydrogen) atoms. The van der Waals surface area contributed by atoms with Crippen LogP contribution in [0.1, 0.15) is 16.8 Å². The van der Waals surface area contributed by atoms with Crippen molar-refractivity contribution in [2.45, 2.75) is 19.5 Å². The number of carbonyl (C=O) groups excluding carboxylic acids is 2. The maximum atomic E-state index is 12.3. The molecule has 0 saturated heterocycles. The summed E-state index contributed by atoms with van der Waals surface area (Å²) in [5.41, 5.74) is -0.289. The first-order valence-corrected chi connectivity index (χ1v) is 9.10. The van der Waals surface area contributed by atoms with E-state index in [0.29, 0.717) is 25.0 Å². The van der Waals surface area contributed by atoms with Crippen LogP contribution >= 0.6 is 0 Å². The Balaban J connectivity index is 1.77. The summed E-state index contributed by atoms with van der Waals surface area (Å²) < 4.78 is 7.43. The lowest BCUT2D eigenvalue weighted by atomic mass is 10.1. The maximum absolute atomic E-state index is 12.3. The summed E-state index contributed by atoms with van der Waals surface area (Å²) in [5.74, 6) is -1.87. The van der Waals surface area contributed by atoms with Gasteiger partial charge in [-0.25, -0.2) is 0 Å². The van der Waals surface area contributed by atoms with Gasteiger partial charge in [-0.05, 0) is 30.7 Å². The fourth-order valence-corrected chi connectivity index (χ4v) is 2.95. The number of nitrogens with zero attached hydrogens (tertiary/aromatic N) is 4. The zero-order valence-corrected chi connectivity index (χ0v) is 16.2. The summed E-state index contributed by atoms with van der Waals surface area (Å²) in [6.45, 7) is 0.450. The van der Waals surface area contributed by atoms with Crippen LogP contribution in [0.2, 0.25) is 0 Å². The van der Waals surface area contributed by atoms with Crippen molar-refractivity contribution in [2.24, 2.45) is 10.2 Å². The largest absolute Gasteiger partial charge is 0.494 e. The van der Waals surface area contributed by atoms with Crippen LogP contribution in [0.15, 0.2) is 57.6 Å². The number of fused-ring (bicyclic) bond motifs is 1. The first kappa shape index (κ1) is 20.9. The quantitative estimate of drug-likeness (QED) is 0.450. The molecule has 156 valence electrons. The Morgan fingerprint density at radius 3 is 2.57 bits per heavy atom. The van der Waals surface area contributed by atoms with E-state index in [1.807, 2.05) is 0 Å². The lowest BCUT2D eigenvalue weighted by Crippen LogP contribution is -2.21. The second-order valence-corrected chi connectivity index (χ2v) is 6.47. The van der Waals surface area contributed by atoms with Crippen LogP contribution in [0.4, 0.5) is 0 Å². The summed E-state index contributed by atoms with van der Waals surface area (Å²) in [6.07, 6.45) is 2.00. The van der Waals surface area contributed by atoms with Crippen molar-refractivity contribution in [3.8, 4) is 11.8 Å². The lowest BCUT2D eigenvalue weighted by Gasteiger charge is -2.05. The molecule has 0 radical (unpaired) electrons. The second-order valence-electron chi connectivity index (χ2n) is 6.47. The molecule has 0 unspecified atom stereocenters. The van der Waals surface area contributed by atoms with Gasteiger partial charge in [0.05, 0.1) is 0 Å². The second kappa shape index (κ2) is 9.14. The van der Waals surface area contributed by atoms with Gasteiger partial charge in [0.2, 0.25) is 11.8 Å². The minimum absolute atomic E-state index is 0.0836. The number of hydrogen-bond acceptors (Lipinski definition) is 6. The van der Waals surface area contributed by atoms with E-state index < -0.39 is 11.8 Å². The first-order chi connectivity index (χ1) is 14.4. The molecule has 2 heterocycles. The van der Waals surface area contributed by atoms with E-state index in [9.17, 15) is 24.6 Å². The van der Waals surface area contributed by atoms with Crippen LogP contribution in [0.25, 0.3) is 10.8 Å². The first-order valence-electron chi connectivity index (χ1n) is 9.10. The number of carbonyl (C=O) groups is 2. The Kier molecular flexibility index (Phi) is 6.38. The van der Waals surface area contributed by atoms with Gasteiger partial charge in [0, 0.05) is 48.9 Å². The van der Waals surface area contributed by atoms with E-state index in [1.165, 1.54) is 35.0 Å². The van der Waals surface area contributed by atoms with Crippen molar-refractivity contribution >= 4 is 22.6 Å². The van der Waals surface area contributed by atoms with Crippen molar-refractivity contribution in [2.75, 3.05) is 13.7 Å². The molecule has 3 aromatic rings. The topological polar surface area (TPSA) is 135 Å². The van der Waals surface area contributed by atoms with E-state index in [0.717, 1.165) is 4.57 Å². The average molecular weight is 412 g/mol. The van der Waals surface area contributed by atoms with Crippen LogP contribution in [0.3, 0.4) is 0 Å². The van der Waals surface area contributed by atoms with Gasteiger partial charge in [0.15, 0.2) is 0 Å². The highest BCUT2D eigenvalue weighted by Crippen LogP contribution is 2.37. The van der Waals surface area contributed by atoms with Gasteiger partial charge in [0.25, 0.3) is 17.4 Å². The number of pyridine rings is 1. The van der Waals surface area contributed by atoms with E-state index in [-0.39, 0.29) is 34.8 Å². The van der Waals surface area contributed by atoms with Crippen LogP contribution in [0, 0.1) is 0 Å². The molecule has 0 bridgehead atoms. The SMILES string of the molecule is COCCCn1c(O)c2ccc(C(=O)N=NC(=O)Cn3ccccc3=O)cc2c1O. The molecule has 0 fully saturated rings. The molecular weight excluding hydrogens is 392 g/mol. The van der Waals surface area contributed by atoms with Gasteiger partial charge in [-0.15, -0.1) is 10.2 Å². The van der Waals surface area contributed by atoms with Crippen LogP contribution in [-0.4, -0.2) is 44.9 Å². The highest BCUT2D eigenvalue weighted by atomic mass is 16.5. The minimum Gasteiger partial charge on any atom is -0.494 e. The molecule has 0 aliphatic carbocycles. The molecule has 10 nitrogen and oxygen atoms in total. The minimum atomic E-state index is -0.795. The summed E-state index contributed by atoms with van der Waals surface area (Å²) in [7, 11) is 1.56. The number of amides is 2. The molecule has 3 rings (SSSR count). The zero-order chi connectivity index (χ0) is 21.7. The molecule has 0 saturated carbocycles. The number of benzene rings is 1. The Morgan fingerprint density at radius 1 is 1.07 bits per heavy atom. The number of methoxy groups -OCH3 is 1. The average Bonchev–Trinajstić information content (AvgIpc) is 2.98. The summed E-state index contributed by atoms with van der Waals surface area (Å²) >= 11 is 0. The van der Waals surface area contributed by atoms with Gasteiger partial charge in [-0.2, -0.15) is 0 Å². The molecule has 0 spiro atoms. The van der Waals surface area contributed by atoms with Crippen LogP contribution < -0.4 is 5.56 Å². The van der Waals surface area contributed by atoms with Gasteiger partial charge in [-0.1, -0.05) is 6.07 Å². The monoisotopic (exact) mass is 412 g/mol. The van der Waals surface area contributed by atoms with Gasteiger partial charge < -0.3 is 19.5 Å². The highest BCUT2D eigenvalue weighted by Gasteiger charge is 2.17. The van der Waals surface area contributed by atoms with Gasteiger partial charge in [-0.3, -0.25) is 19.0 Å². The Morgan fingerprint density at radius 2 is 1.83 bits per heavy atom. The van der Waals surface area contributed by atoms with Crippen LogP contribution in [-0.2, 0) is 22.6 Å². The summed E-state index contributed by atoms with van der Waals surface area (Å²) in [5, 5.41) is 28.1. The number of ether oxygens (including phenoxy) is 1. The molecule has 2 aromatic heterocycles. The Hall–Kier alpha value is -3.79. The number of azo groups is 1. The lowest BCUT2D eigenvalue weighted by molar-refractivity contribution is -0.118. The molecule has 1 aromatic carbocycles. The van der Waals surface area contributed by atoms with Crippen LogP contribution in [0.5, 0.6) is 11.8 Å². The fourth-order valence-electron chi connectivity index (χ4n) is 2.95. The number of hydrogen-bond donors (Lipinski definition) is 2. The fraction of sp³-hybridized carbons (Fsp3) is 0.250. The third kappa shape index (κ3) is 4.44. The number of aromatic nitrogens is 2. The van der Waals surface area contributed by atoms with E-state index in [1.54, 1.807) is 19.2 Å². The Labute approximate surface area is 170 Å². The molecule has 0 aliphatic rings. The third-order valence-electron chi connectivity index (χ3n) is 4.45. The molecule has 10 heteroatoms. The molecular formula is C20H20N4O6. The van der Waals surface area contributed by atoms with E-state index >= 15 is 0 Å². The van der Waals surface area contributed by atoms with Gasteiger partial charge >= 0.3 is 0 Å². The number of aromatic hydroxyl groups is 2. The van der Waals surface area contributed by atoms with Crippen molar-refractivity contribution in [3.63, 3.8) is 0 Å².